The van der Waals surface area contributed by atoms with E-state index in [0.29, 0.717) is 0 Å². The van der Waals surface area contributed by atoms with Crippen molar-refractivity contribution in [3.8, 4) is 0 Å². The highest BCUT2D eigenvalue weighted by Crippen LogP contribution is 2.09. The average molecular weight is 224 g/mol. The summed E-state index contributed by atoms with van der Waals surface area (Å²) in [6.45, 7) is 0.720. The fourth-order valence-corrected chi connectivity index (χ4v) is 1.58. The first kappa shape index (κ1) is 11.4. The zero-order valence-corrected chi connectivity index (χ0v) is 9.95. The van der Waals surface area contributed by atoms with E-state index in [2.05, 4.69) is 29.3 Å². The van der Waals surface area contributed by atoms with E-state index < -0.39 is 0 Å². The van der Waals surface area contributed by atoms with Gasteiger partial charge in [0.25, 0.3) is 0 Å². The van der Waals surface area contributed by atoms with Gasteiger partial charge in [0.05, 0.1) is 12.9 Å². The molecule has 0 radical (unpaired) electrons. The summed E-state index contributed by atoms with van der Waals surface area (Å²) in [5, 5.41) is 0. The lowest BCUT2D eigenvalue weighted by atomic mass is 10.2. The molecule has 0 spiro atoms. The summed E-state index contributed by atoms with van der Waals surface area (Å²) in [7, 11) is 2.00. The molecule has 2 heteroatoms. The van der Waals surface area contributed by atoms with E-state index in [1.54, 1.807) is 0 Å². The molecule has 17 heavy (non-hydrogen) atoms. The molecule has 0 bridgehead atoms. The molecular formula is C15H16N2. The number of rotatable bonds is 4. The maximum atomic E-state index is 4.42. The van der Waals surface area contributed by atoms with Crippen LogP contribution in [0.2, 0.25) is 0 Å². The summed E-state index contributed by atoms with van der Waals surface area (Å²) >= 11 is 0. The molecule has 0 saturated carbocycles. The van der Waals surface area contributed by atoms with Crippen molar-refractivity contribution in [1.29, 1.82) is 0 Å². The molecule has 86 valence electrons. The molecule has 0 saturated heterocycles. The van der Waals surface area contributed by atoms with Crippen molar-refractivity contribution < 1.29 is 0 Å². The van der Waals surface area contributed by atoms with E-state index in [-0.39, 0.29) is 0 Å². The zero-order chi connectivity index (χ0) is 11.9. The van der Waals surface area contributed by atoms with E-state index in [4.69, 9.17) is 0 Å². The van der Waals surface area contributed by atoms with Gasteiger partial charge in [0.15, 0.2) is 0 Å². The van der Waals surface area contributed by atoms with Gasteiger partial charge in [0.2, 0.25) is 0 Å². The molecule has 0 N–H and O–H groups in total. The second kappa shape index (κ2) is 5.85. The van der Waals surface area contributed by atoms with Crippen LogP contribution >= 0.6 is 0 Å². The molecule has 0 heterocycles. The number of benzene rings is 2. The van der Waals surface area contributed by atoms with Crippen LogP contribution in [-0.4, -0.2) is 13.4 Å². The highest BCUT2D eigenvalue weighted by atomic mass is 15.1. The summed E-state index contributed by atoms with van der Waals surface area (Å²) in [6.07, 6.45) is 1.86. The minimum Gasteiger partial charge on any atom is -0.336 e. The number of nitrogens with zero attached hydrogens (tertiary/aromatic N) is 2. The normalized spacial score (nSPS) is 10.6. The summed E-state index contributed by atoms with van der Waals surface area (Å²) in [5.41, 5.74) is 2.37. The Bertz CT molecular complexity index is 463. The van der Waals surface area contributed by atoms with Gasteiger partial charge in [-0.3, -0.25) is 4.99 Å². The fourth-order valence-electron chi connectivity index (χ4n) is 1.58. The molecular weight excluding hydrogens is 208 g/mol. The van der Waals surface area contributed by atoms with Gasteiger partial charge in [-0.1, -0.05) is 48.5 Å². The van der Waals surface area contributed by atoms with Crippen molar-refractivity contribution in [2.45, 2.75) is 6.54 Å². The Morgan fingerprint density at radius 3 is 2.18 bits per heavy atom. The highest BCUT2D eigenvalue weighted by molar-refractivity contribution is 5.78. The maximum absolute atomic E-state index is 4.42. The smallest absolute Gasteiger partial charge is 0.0895 e. The molecule has 2 nitrogen and oxygen atoms in total. The first-order valence-electron chi connectivity index (χ1n) is 5.68. The van der Waals surface area contributed by atoms with Gasteiger partial charge in [-0.15, -0.1) is 0 Å². The summed E-state index contributed by atoms with van der Waals surface area (Å²) in [5.74, 6) is 0. The predicted octanol–water partition coefficient (Wildman–Crippen LogP) is 3.35. The van der Waals surface area contributed by atoms with E-state index in [0.717, 1.165) is 12.2 Å². The zero-order valence-electron chi connectivity index (χ0n) is 9.95. The topological polar surface area (TPSA) is 15.6 Å². The fraction of sp³-hybridized carbons (Fsp3) is 0.133. The molecule has 0 aliphatic rings. The van der Waals surface area contributed by atoms with Crippen LogP contribution in [0.15, 0.2) is 65.7 Å². The molecule has 2 aromatic rings. The van der Waals surface area contributed by atoms with E-state index in [1.165, 1.54) is 5.56 Å². The van der Waals surface area contributed by atoms with Crippen LogP contribution in [0, 0.1) is 0 Å². The molecule has 0 aliphatic carbocycles. The standard InChI is InChI=1S/C15H16N2/c1-17(15-10-6-3-7-11-15)13-16-12-14-8-4-2-5-9-14/h2-11,13H,12H2,1H3. The van der Waals surface area contributed by atoms with Crippen LogP contribution in [0.1, 0.15) is 5.56 Å². The van der Waals surface area contributed by atoms with Crippen LogP contribution in [0.25, 0.3) is 0 Å². The Morgan fingerprint density at radius 2 is 1.53 bits per heavy atom. The quantitative estimate of drug-likeness (QED) is 0.574. The minimum atomic E-state index is 0.720. The summed E-state index contributed by atoms with van der Waals surface area (Å²) < 4.78 is 0. The van der Waals surface area contributed by atoms with Gasteiger partial charge in [-0.2, -0.15) is 0 Å². The minimum absolute atomic E-state index is 0.720. The van der Waals surface area contributed by atoms with Crippen LogP contribution in [0.3, 0.4) is 0 Å². The van der Waals surface area contributed by atoms with Crippen molar-refractivity contribution in [1.82, 2.24) is 0 Å². The maximum Gasteiger partial charge on any atom is 0.0895 e. The lowest BCUT2D eigenvalue weighted by Crippen LogP contribution is -2.13. The second-order valence-corrected chi connectivity index (χ2v) is 3.89. The van der Waals surface area contributed by atoms with Gasteiger partial charge in [-0.25, -0.2) is 0 Å². The second-order valence-electron chi connectivity index (χ2n) is 3.89. The van der Waals surface area contributed by atoms with Crippen molar-refractivity contribution in [3.63, 3.8) is 0 Å². The number of hydrogen-bond donors (Lipinski definition) is 0. The monoisotopic (exact) mass is 224 g/mol. The average Bonchev–Trinajstić information content (AvgIpc) is 2.41. The molecule has 0 atom stereocenters. The molecule has 2 aromatic carbocycles. The largest absolute Gasteiger partial charge is 0.336 e. The number of anilines is 1. The number of aliphatic imine (C=N–C) groups is 1. The molecule has 0 unspecified atom stereocenters. The van der Waals surface area contributed by atoms with Gasteiger partial charge in [0, 0.05) is 12.7 Å². The van der Waals surface area contributed by atoms with Gasteiger partial charge in [-0.05, 0) is 17.7 Å². The molecule has 2 rings (SSSR count). The third-order valence-electron chi connectivity index (χ3n) is 2.54. The van der Waals surface area contributed by atoms with E-state index >= 15 is 0 Å². The Balaban J connectivity index is 1.93. The van der Waals surface area contributed by atoms with Crippen LogP contribution in [0.4, 0.5) is 5.69 Å². The van der Waals surface area contributed by atoms with Crippen molar-refractivity contribution in [3.05, 3.63) is 66.2 Å². The molecule has 0 aromatic heterocycles. The first-order chi connectivity index (χ1) is 8.36. The summed E-state index contributed by atoms with van der Waals surface area (Å²) in [4.78, 5) is 6.44. The number of para-hydroxylation sites is 1. The lowest BCUT2D eigenvalue weighted by Gasteiger charge is -2.12. The van der Waals surface area contributed by atoms with Crippen LogP contribution < -0.4 is 4.90 Å². The third-order valence-corrected chi connectivity index (χ3v) is 2.54. The third kappa shape index (κ3) is 3.45. The molecule has 0 fully saturated rings. The SMILES string of the molecule is CN(C=NCc1ccccc1)c1ccccc1. The molecule has 0 amide bonds. The Morgan fingerprint density at radius 1 is 0.941 bits per heavy atom. The van der Waals surface area contributed by atoms with Gasteiger partial charge in [0.1, 0.15) is 0 Å². The van der Waals surface area contributed by atoms with Crippen molar-refractivity contribution in [2.24, 2.45) is 4.99 Å². The Labute approximate surface area is 102 Å². The van der Waals surface area contributed by atoms with Gasteiger partial charge >= 0.3 is 0 Å². The van der Waals surface area contributed by atoms with Crippen LogP contribution in [0.5, 0.6) is 0 Å². The Hall–Kier alpha value is -2.09. The molecule has 0 aliphatic heterocycles. The van der Waals surface area contributed by atoms with E-state index in [1.807, 2.05) is 54.7 Å². The van der Waals surface area contributed by atoms with Crippen LogP contribution in [-0.2, 0) is 6.54 Å². The highest BCUT2D eigenvalue weighted by Gasteiger charge is 1.94. The first-order valence-corrected chi connectivity index (χ1v) is 5.68. The summed E-state index contributed by atoms with van der Waals surface area (Å²) in [6, 6.07) is 20.4. The van der Waals surface area contributed by atoms with Gasteiger partial charge < -0.3 is 4.90 Å². The van der Waals surface area contributed by atoms with Crippen molar-refractivity contribution in [2.75, 3.05) is 11.9 Å². The lowest BCUT2D eigenvalue weighted by molar-refractivity contribution is 1.06. The predicted molar refractivity (Wildman–Crippen MR) is 73.5 cm³/mol. The Kier molecular flexibility index (Phi) is 3.92. The van der Waals surface area contributed by atoms with Crippen molar-refractivity contribution >= 4 is 12.0 Å². The number of hydrogen-bond acceptors (Lipinski definition) is 1. The van der Waals surface area contributed by atoms with E-state index in [9.17, 15) is 0 Å².